The van der Waals surface area contributed by atoms with E-state index in [4.69, 9.17) is 47.6 Å². The maximum Gasteiger partial charge on any atom is 0.320 e. The fraction of sp³-hybridized carbons (Fsp3) is 0.309. The van der Waals surface area contributed by atoms with E-state index in [-0.39, 0.29) is 51.4 Å². The van der Waals surface area contributed by atoms with Crippen molar-refractivity contribution < 1.29 is 38.7 Å². The van der Waals surface area contributed by atoms with Crippen LogP contribution in [0.1, 0.15) is 83.3 Å². The lowest BCUT2D eigenvalue weighted by atomic mass is 9.92. The molecule has 16 heteroatoms. The highest BCUT2D eigenvalue weighted by atomic mass is 35.5. The van der Waals surface area contributed by atoms with Crippen LogP contribution in [0, 0.1) is 31.1 Å². The average Bonchev–Trinajstić information content (AvgIpc) is 3.33. The van der Waals surface area contributed by atoms with Crippen LogP contribution in [0.4, 0.5) is 0 Å². The first kappa shape index (κ1) is 53.5. The van der Waals surface area contributed by atoms with Gasteiger partial charge in [0.1, 0.15) is 61.5 Å². The number of pyridine rings is 2. The highest BCUT2D eigenvalue weighted by Crippen LogP contribution is 2.38. The van der Waals surface area contributed by atoms with Crippen molar-refractivity contribution in [3.63, 3.8) is 0 Å². The molecule has 4 aromatic carbocycles. The van der Waals surface area contributed by atoms with Crippen LogP contribution < -0.4 is 29.6 Å². The number of ether oxygens (including phenoxy) is 4. The third kappa shape index (κ3) is 14.4. The van der Waals surface area contributed by atoms with Crippen LogP contribution >= 0.6 is 23.2 Å². The molecule has 6 aromatic rings. The zero-order valence-electron chi connectivity index (χ0n) is 40.9. The van der Waals surface area contributed by atoms with Gasteiger partial charge in [0.25, 0.3) is 0 Å². The number of carboxylic acids is 2. The van der Waals surface area contributed by atoms with Crippen LogP contribution in [-0.2, 0) is 49.1 Å². The maximum atomic E-state index is 12.0. The molecule has 0 bridgehead atoms. The second kappa shape index (κ2) is 25.3. The van der Waals surface area contributed by atoms with E-state index in [2.05, 4.69) is 44.7 Å². The van der Waals surface area contributed by atoms with Crippen LogP contribution in [0.3, 0.4) is 0 Å². The van der Waals surface area contributed by atoms with Crippen LogP contribution in [0.25, 0.3) is 11.1 Å². The minimum Gasteiger partial charge on any atom is -0.488 e. The van der Waals surface area contributed by atoms with Gasteiger partial charge >= 0.3 is 11.9 Å². The number of nitrogens with zero attached hydrogens (tertiary/aromatic N) is 3. The Bertz CT molecular complexity index is 2870. The summed E-state index contributed by atoms with van der Waals surface area (Å²) >= 11 is 13.7. The number of nitrogens with one attached hydrogen (secondary N) is 3. The van der Waals surface area contributed by atoms with Crippen molar-refractivity contribution in [1.29, 1.82) is 5.41 Å². The molecule has 2 atom stereocenters. The lowest BCUT2D eigenvalue weighted by molar-refractivity contribution is -0.141. The number of halogens is 2. The van der Waals surface area contributed by atoms with Gasteiger partial charge in [-0.3, -0.25) is 35.2 Å². The van der Waals surface area contributed by atoms with Gasteiger partial charge in [-0.2, -0.15) is 0 Å². The number of hydrogen-bond acceptors (Lipinski definition) is 12. The van der Waals surface area contributed by atoms with E-state index >= 15 is 0 Å². The molecule has 2 heterocycles. The van der Waals surface area contributed by atoms with Crippen LogP contribution in [0.5, 0.6) is 23.0 Å². The monoisotopic (exact) mass is 1000 g/mol. The van der Waals surface area contributed by atoms with Crippen molar-refractivity contribution in [3.8, 4) is 34.1 Å². The molecule has 372 valence electrons. The predicted octanol–water partition coefficient (Wildman–Crippen LogP) is 10.8. The second-order valence-electron chi connectivity index (χ2n) is 17.8. The molecule has 0 saturated heterocycles. The number of carboxylic acid groups (broad SMARTS) is 2. The molecule has 5 N–H and O–H groups in total. The fourth-order valence-corrected chi connectivity index (χ4v) is 8.42. The second-order valence-corrected chi connectivity index (χ2v) is 18.6. The third-order valence-electron chi connectivity index (χ3n) is 11.9. The molecular weight excluding hydrogens is 944 g/mol. The first-order valence-electron chi connectivity index (χ1n) is 23.1. The van der Waals surface area contributed by atoms with Crippen molar-refractivity contribution in [2.24, 2.45) is 16.8 Å². The van der Waals surface area contributed by atoms with Gasteiger partial charge in [-0.15, -0.1) is 0 Å². The highest BCUT2D eigenvalue weighted by molar-refractivity contribution is 6.32. The molecule has 2 unspecified atom stereocenters. The summed E-state index contributed by atoms with van der Waals surface area (Å²) in [5, 5.41) is 34.2. The van der Waals surface area contributed by atoms with Gasteiger partial charge in [-0.1, -0.05) is 87.3 Å². The predicted molar refractivity (Wildman–Crippen MR) is 278 cm³/mol. The molecule has 0 aliphatic heterocycles. The van der Waals surface area contributed by atoms with Crippen LogP contribution in [0.2, 0.25) is 10.0 Å². The Balaban J connectivity index is 1.21. The first-order valence-corrected chi connectivity index (χ1v) is 23.9. The van der Waals surface area contributed by atoms with Crippen molar-refractivity contribution >= 4 is 47.6 Å². The molecule has 0 aliphatic rings. The van der Waals surface area contributed by atoms with Crippen molar-refractivity contribution in [2.45, 2.75) is 93.1 Å². The molecule has 6 rings (SSSR count). The number of aliphatic carboxylic acids is 2. The lowest BCUT2D eigenvalue weighted by Gasteiger charge is -2.21. The summed E-state index contributed by atoms with van der Waals surface area (Å²) in [7, 11) is 1.69. The number of rotatable bonds is 25. The van der Waals surface area contributed by atoms with Crippen molar-refractivity contribution in [3.05, 3.63) is 163 Å². The molecule has 0 aliphatic carbocycles. The number of benzene rings is 4. The van der Waals surface area contributed by atoms with E-state index in [1.165, 1.54) is 6.21 Å². The summed E-state index contributed by atoms with van der Waals surface area (Å²) < 4.78 is 25.5. The zero-order valence-corrected chi connectivity index (χ0v) is 42.4. The molecule has 71 heavy (non-hydrogen) atoms. The van der Waals surface area contributed by atoms with E-state index in [1.807, 2.05) is 71.0 Å². The molecule has 0 saturated carbocycles. The molecule has 2 aromatic heterocycles. The van der Waals surface area contributed by atoms with Gasteiger partial charge < -0.3 is 34.6 Å². The largest absolute Gasteiger partial charge is 0.488 e. The zero-order chi connectivity index (χ0) is 51.2. The van der Waals surface area contributed by atoms with Crippen molar-refractivity contribution in [2.75, 3.05) is 7.05 Å². The minimum atomic E-state index is -0.955. The van der Waals surface area contributed by atoms with Gasteiger partial charge in [0, 0.05) is 103 Å². The van der Waals surface area contributed by atoms with E-state index in [0.717, 1.165) is 50.1 Å². The molecule has 0 fully saturated rings. The first-order chi connectivity index (χ1) is 34.1. The van der Waals surface area contributed by atoms with Crippen molar-refractivity contribution in [1.82, 2.24) is 20.6 Å². The SMILES string of the molecule is CN=Cc1cncc(COc2cc(OCc3cccc(-c4cccc(COc5cc(OCc6cncc(C=N)c6)c(CNC(C(=O)O)C(C)C)cc5Cl)c4C)c3C)c(Cl)cc2CNC(C(=O)O)C(C)C)c1. The Hall–Kier alpha value is -6.84. The highest BCUT2D eigenvalue weighted by Gasteiger charge is 2.24. The van der Waals surface area contributed by atoms with Crippen LogP contribution in [-0.4, -0.2) is 63.7 Å². The fourth-order valence-electron chi connectivity index (χ4n) is 7.94. The van der Waals surface area contributed by atoms with E-state index < -0.39 is 24.0 Å². The molecular formula is C55H60Cl2N6O8. The Morgan fingerprint density at radius 2 is 1.04 bits per heavy atom. The third-order valence-corrected chi connectivity index (χ3v) is 12.5. The summed E-state index contributed by atoms with van der Waals surface area (Å²) in [5.74, 6) is -0.493. The summed E-state index contributed by atoms with van der Waals surface area (Å²) in [6.07, 6.45) is 9.61. The molecule has 0 amide bonds. The summed E-state index contributed by atoms with van der Waals surface area (Å²) in [4.78, 5) is 36.6. The van der Waals surface area contributed by atoms with E-state index in [0.29, 0.717) is 49.7 Å². The lowest BCUT2D eigenvalue weighted by Crippen LogP contribution is -2.40. The van der Waals surface area contributed by atoms with E-state index in [9.17, 15) is 19.8 Å². The van der Waals surface area contributed by atoms with Gasteiger partial charge in [-0.25, -0.2) is 0 Å². The number of carbonyl (C=O) groups is 2. The van der Waals surface area contributed by atoms with Gasteiger partial charge in [0.05, 0.1) is 10.0 Å². The Morgan fingerprint density at radius 3 is 1.45 bits per heavy atom. The number of hydrogen-bond donors (Lipinski definition) is 5. The quantitative estimate of drug-likeness (QED) is 0.0341. The molecule has 14 nitrogen and oxygen atoms in total. The van der Waals surface area contributed by atoms with Gasteiger partial charge in [0.2, 0.25) is 0 Å². The van der Waals surface area contributed by atoms with Crippen LogP contribution in [0.15, 0.2) is 103 Å². The number of aromatic nitrogens is 2. The Labute approximate surface area is 424 Å². The van der Waals surface area contributed by atoms with E-state index in [1.54, 1.807) is 62.3 Å². The summed E-state index contributed by atoms with van der Waals surface area (Å²) in [6.45, 7) is 12.6. The standard InChI is InChI=1S/C55H60Cl2N6O8/c1-32(2)52(54(64)65)62-26-42-16-46(56)50(18-48(42)68-28-38-14-36(20-58)22-60-24-38)70-30-40-10-8-12-44(34(40)5)45-13-9-11-41(35(45)6)31-71-51-19-49(69-29-39-15-37(21-59-7)23-61-25-39)43(17-47(51)57)27-63-53(33(3)4)55(66)67/h8-25,32-33,52-53,58,62-63H,26-31H2,1-7H3,(H,64,65)(H,66,67). The topological polar surface area (TPSA) is 198 Å². The summed E-state index contributed by atoms with van der Waals surface area (Å²) in [5.41, 5.74) is 10.3. The van der Waals surface area contributed by atoms with Gasteiger partial charge in [-0.05, 0) is 83.3 Å². The molecule has 0 spiro atoms. The average molecular weight is 1000 g/mol. The maximum absolute atomic E-state index is 12.0. The molecule has 0 radical (unpaired) electrons. The minimum absolute atomic E-state index is 0.144. The Morgan fingerprint density at radius 1 is 0.620 bits per heavy atom. The normalized spacial score (nSPS) is 12.3. The van der Waals surface area contributed by atoms with Gasteiger partial charge in [0.15, 0.2) is 0 Å². The number of aliphatic imine (C=N–C) groups is 1. The Kier molecular flexibility index (Phi) is 19.1. The summed E-state index contributed by atoms with van der Waals surface area (Å²) in [6, 6.07) is 21.2. The smallest absolute Gasteiger partial charge is 0.320 e.